The highest BCUT2D eigenvalue weighted by molar-refractivity contribution is 7.89. The molecule has 0 saturated heterocycles. The van der Waals surface area contributed by atoms with Crippen molar-refractivity contribution in [3.63, 3.8) is 0 Å². The van der Waals surface area contributed by atoms with E-state index in [4.69, 9.17) is 5.73 Å². The van der Waals surface area contributed by atoms with Crippen LogP contribution in [0.4, 0.5) is 5.69 Å². The number of aryl methyl sites for hydroxylation is 2. The average Bonchev–Trinajstić information content (AvgIpc) is 2.47. The first-order valence-electron chi connectivity index (χ1n) is 6.86. The number of nitrogens with two attached hydrogens (primary N) is 1. The van der Waals surface area contributed by atoms with Gasteiger partial charge in [0, 0.05) is 12.2 Å². The summed E-state index contributed by atoms with van der Waals surface area (Å²) in [7, 11) is -3.56. The molecule has 0 aliphatic heterocycles. The molecule has 5 heteroatoms. The van der Waals surface area contributed by atoms with Gasteiger partial charge in [-0.15, -0.1) is 0 Å². The van der Waals surface area contributed by atoms with Crippen LogP contribution in [0.1, 0.15) is 23.6 Å². The second kappa shape index (κ2) is 6.28. The van der Waals surface area contributed by atoms with Gasteiger partial charge in [0.2, 0.25) is 10.0 Å². The van der Waals surface area contributed by atoms with Crippen molar-refractivity contribution in [2.75, 3.05) is 5.73 Å². The fourth-order valence-electron chi connectivity index (χ4n) is 2.08. The van der Waals surface area contributed by atoms with Gasteiger partial charge in [-0.3, -0.25) is 0 Å². The number of hydrogen-bond acceptors (Lipinski definition) is 3. The van der Waals surface area contributed by atoms with Crippen molar-refractivity contribution in [3.05, 3.63) is 59.2 Å². The van der Waals surface area contributed by atoms with Crippen molar-refractivity contribution in [3.8, 4) is 0 Å². The van der Waals surface area contributed by atoms with E-state index < -0.39 is 10.0 Å². The molecule has 112 valence electrons. The molecular formula is C16H20N2O2S. The van der Waals surface area contributed by atoms with E-state index in [0.29, 0.717) is 12.1 Å². The summed E-state index contributed by atoms with van der Waals surface area (Å²) in [5.74, 6) is 0. The molecule has 0 atom stereocenters. The van der Waals surface area contributed by atoms with Gasteiger partial charge in [-0.05, 0) is 36.6 Å². The zero-order valence-corrected chi connectivity index (χ0v) is 13.1. The Morgan fingerprint density at radius 1 is 1.10 bits per heavy atom. The predicted octanol–water partition coefficient (Wildman–Crippen LogP) is 2.62. The van der Waals surface area contributed by atoms with Crippen LogP contribution in [0.25, 0.3) is 0 Å². The maximum absolute atomic E-state index is 12.4. The summed E-state index contributed by atoms with van der Waals surface area (Å²) in [5.41, 5.74) is 8.99. The van der Waals surface area contributed by atoms with E-state index in [2.05, 4.69) is 4.72 Å². The molecule has 0 spiro atoms. The van der Waals surface area contributed by atoms with Gasteiger partial charge in [-0.25, -0.2) is 13.1 Å². The molecule has 0 aromatic heterocycles. The number of benzene rings is 2. The molecule has 0 aliphatic rings. The smallest absolute Gasteiger partial charge is 0.241 e. The summed E-state index contributed by atoms with van der Waals surface area (Å²) in [4.78, 5) is 0.261. The number of rotatable bonds is 5. The second-order valence-electron chi connectivity index (χ2n) is 5.03. The minimum Gasteiger partial charge on any atom is -0.399 e. The van der Waals surface area contributed by atoms with Crippen LogP contribution in [-0.2, 0) is 23.0 Å². The van der Waals surface area contributed by atoms with Crippen LogP contribution in [-0.4, -0.2) is 8.42 Å². The molecule has 0 heterocycles. The van der Waals surface area contributed by atoms with Crippen LogP contribution < -0.4 is 10.5 Å². The maximum Gasteiger partial charge on any atom is 0.241 e. The van der Waals surface area contributed by atoms with Gasteiger partial charge in [-0.2, -0.15) is 0 Å². The largest absolute Gasteiger partial charge is 0.399 e. The number of sulfonamides is 1. The third-order valence-corrected chi connectivity index (χ3v) is 4.83. The first-order valence-corrected chi connectivity index (χ1v) is 8.34. The highest BCUT2D eigenvalue weighted by Gasteiger charge is 2.17. The Morgan fingerprint density at radius 3 is 2.38 bits per heavy atom. The van der Waals surface area contributed by atoms with Crippen LogP contribution in [0.2, 0.25) is 0 Å². The lowest BCUT2D eigenvalue weighted by Gasteiger charge is -2.11. The Kier molecular flexibility index (Phi) is 4.65. The van der Waals surface area contributed by atoms with Gasteiger partial charge in [-0.1, -0.05) is 42.8 Å². The lowest BCUT2D eigenvalue weighted by molar-refractivity contribution is 0.580. The monoisotopic (exact) mass is 304 g/mol. The molecule has 21 heavy (non-hydrogen) atoms. The molecule has 0 unspecified atom stereocenters. The Morgan fingerprint density at radius 2 is 1.76 bits per heavy atom. The van der Waals surface area contributed by atoms with Crippen LogP contribution in [0.15, 0.2) is 47.4 Å². The molecule has 4 nitrogen and oxygen atoms in total. The molecule has 0 radical (unpaired) electrons. The summed E-state index contributed by atoms with van der Waals surface area (Å²) in [6.07, 6.45) is 0.640. The molecule has 2 rings (SSSR count). The van der Waals surface area contributed by atoms with Gasteiger partial charge in [0.25, 0.3) is 0 Å². The summed E-state index contributed by atoms with van der Waals surface area (Å²) in [6, 6.07) is 12.7. The molecule has 3 N–H and O–H groups in total. The van der Waals surface area contributed by atoms with Crippen LogP contribution in [0.3, 0.4) is 0 Å². The van der Waals surface area contributed by atoms with Crippen LogP contribution in [0.5, 0.6) is 0 Å². The van der Waals surface area contributed by atoms with Gasteiger partial charge >= 0.3 is 0 Å². The Hall–Kier alpha value is -1.85. The molecule has 0 fully saturated rings. The highest BCUT2D eigenvalue weighted by Crippen LogP contribution is 2.20. The van der Waals surface area contributed by atoms with E-state index in [1.807, 2.05) is 38.1 Å². The standard InChI is InChI=1S/C16H20N2O2S/c1-3-14-8-9-15(17)10-16(14)21(19,20)18-11-13-6-4-12(2)5-7-13/h4-10,18H,3,11,17H2,1-2H3. The van der Waals surface area contributed by atoms with Gasteiger partial charge < -0.3 is 5.73 Å². The van der Waals surface area contributed by atoms with Gasteiger partial charge in [0.1, 0.15) is 0 Å². The van der Waals surface area contributed by atoms with Crippen molar-refractivity contribution in [2.24, 2.45) is 0 Å². The fraction of sp³-hybridized carbons (Fsp3) is 0.250. The van der Waals surface area contributed by atoms with Gasteiger partial charge in [0.15, 0.2) is 0 Å². The van der Waals surface area contributed by atoms with Crippen molar-refractivity contribution in [2.45, 2.75) is 31.7 Å². The van der Waals surface area contributed by atoms with Crippen molar-refractivity contribution in [1.82, 2.24) is 4.72 Å². The lowest BCUT2D eigenvalue weighted by Crippen LogP contribution is -2.24. The molecular weight excluding hydrogens is 284 g/mol. The minimum atomic E-state index is -3.56. The molecule has 2 aromatic rings. The molecule has 0 aliphatic carbocycles. The highest BCUT2D eigenvalue weighted by atomic mass is 32.2. The number of hydrogen-bond donors (Lipinski definition) is 2. The zero-order chi connectivity index (χ0) is 15.5. The Bertz CT molecular complexity index is 722. The summed E-state index contributed by atoms with van der Waals surface area (Å²) in [5, 5.41) is 0. The average molecular weight is 304 g/mol. The third kappa shape index (κ3) is 3.83. The van der Waals surface area contributed by atoms with E-state index in [9.17, 15) is 8.42 Å². The topological polar surface area (TPSA) is 72.2 Å². The second-order valence-corrected chi connectivity index (χ2v) is 6.77. The first-order chi connectivity index (χ1) is 9.92. The zero-order valence-electron chi connectivity index (χ0n) is 12.3. The Labute approximate surface area is 126 Å². The van der Waals surface area contributed by atoms with Crippen molar-refractivity contribution in [1.29, 1.82) is 0 Å². The summed E-state index contributed by atoms with van der Waals surface area (Å²) < 4.78 is 27.5. The van der Waals surface area contributed by atoms with E-state index in [1.54, 1.807) is 12.1 Å². The van der Waals surface area contributed by atoms with E-state index >= 15 is 0 Å². The predicted molar refractivity (Wildman–Crippen MR) is 85.4 cm³/mol. The maximum atomic E-state index is 12.4. The number of anilines is 1. The van der Waals surface area contributed by atoms with Gasteiger partial charge in [0.05, 0.1) is 4.90 Å². The molecule has 0 bridgehead atoms. The third-order valence-electron chi connectivity index (χ3n) is 3.35. The molecule has 2 aromatic carbocycles. The van der Waals surface area contributed by atoms with Crippen molar-refractivity contribution < 1.29 is 8.42 Å². The summed E-state index contributed by atoms with van der Waals surface area (Å²) >= 11 is 0. The Balaban J connectivity index is 2.22. The minimum absolute atomic E-state index is 0.261. The number of nitrogens with one attached hydrogen (secondary N) is 1. The SMILES string of the molecule is CCc1ccc(N)cc1S(=O)(=O)NCc1ccc(C)cc1. The lowest BCUT2D eigenvalue weighted by atomic mass is 10.1. The van der Waals surface area contributed by atoms with E-state index in [-0.39, 0.29) is 11.4 Å². The van der Waals surface area contributed by atoms with Crippen LogP contribution >= 0.6 is 0 Å². The first kappa shape index (κ1) is 15.5. The quantitative estimate of drug-likeness (QED) is 0.834. The normalized spacial score (nSPS) is 11.5. The number of nitrogen functional groups attached to an aromatic ring is 1. The molecule has 0 amide bonds. The summed E-state index contributed by atoms with van der Waals surface area (Å²) in [6.45, 7) is 4.18. The van der Waals surface area contributed by atoms with E-state index in [0.717, 1.165) is 16.7 Å². The molecule has 0 saturated carbocycles. The van der Waals surface area contributed by atoms with E-state index in [1.165, 1.54) is 6.07 Å². The fourth-order valence-corrected chi connectivity index (χ4v) is 3.44. The van der Waals surface area contributed by atoms with Crippen LogP contribution in [0, 0.1) is 6.92 Å². The van der Waals surface area contributed by atoms with Crippen molar-refractivity contribution >= 4 is 15.7 Å².